The summed E-state index contributed by atoms with van der Waals surface area (Å²) in [6.07, 6.45) is -5.81. The smallest absolute Gasteiger partial charge is 0.232 e. The van der Waals surface area contributed by atoms with Gasteiger partial charge in [0.05, 0.1) is 12.2 Å². The minimum Gasteiger partial charge on any atom is -0.390 e. The van der Waals surface area contributed by atoms with E-state index in [-0.39, 0.29) is 12.8 Å². The van der Waals surface area contributed by atoms with Gasteiger partial charge in [-0.15, -0.1) is 0 Å². The Balaban J connectivity index is 1.99. The summed E-state index contributed by atoms with van der Waals surface area (Å²) < 4.78 is 5.16. The highest BCUT2D eigenvalue weighted by Gasteiger charge is 2.37. The van der Waals surface area contributed by atoms with Crippen LogP contribution < -0.4 is 0 Å². The van der Waals surface area contributed by atoms with E-state index >= 15 is 0 Å². The van der Waals surface area contributed by atoms with E-state index in [4.69, 9.17) is 4.74 Å². The maximum absolute atomic E-state index is 12.3. The van der Waals surface area contributed by atoms with Gasteiger partial charge in [-0.3, -0.25) is 9.59 Å². The van der Waals surface area contributed by atoms with E-state index in [9.17, 15) is 24.9 Å². The zero-order chi connectivity index (χ0) is 19.8. The summed E-state index contributed by atoms with van der Waals surface area (Å²) in [5.41, 5.74) is 1.54. The molecule has 0 fully saturated rings. The number of aliphatic hydroxyl groups is 3. The highest BCUT2D eigenvalue weighted by molar-refractivity contribution is 6.40. The molecular weight excluding hydrogens is 348 g/mol. The van der Waals surface area contributed by atoms with Gasteiger partial charge < -0.3 is 20.1 Å². The van der Waals surface area contributed by atoms with Gasteiger partial charge in [-0.1, -0.05) is 60.7 Å². The van der Waals surface area contributed by atoms with Gasteiger partial charge in [0.2, 0.25) is 11.6 Å². The van der Waals surface area contributed by atoms with E-state index in [0.29, 0.717) is 5.56 Å². The first-order valence-electron chi connectivity index (χ1n) is 8.67. The van der Waals surface area contributed by atoms with Crippen LogP contribution in [-0.2, 0) is 27.2 Å². The van der Waals surface area contributed by atoms with Crippen molar-refractivity contribution in [2.24, 2.45) is 0 Å². The quantitative estimate of drug-likeness (QED) is 0.531. The molecule has 0 aromatic heterocycles. The van der Waals surface area contributed by atoms with Crippen molar-refractivity contribution >= 4 is 11.6 Å². The molecule has 0 aliphatic rings. The second kappa shape index (κ2) is 10.1. The number of hydrogen-bond donors (Lipinski definition) is 3. The molecule has 0 radical (unpaired) electrons. The number of benzene rings is 2. The second-order valence-corrected chi connectivity index (χ2v) is 6.34. The molecule has 0 spiro atoms. The zero-order valence-corrected chi connectivity index (χ0v) is 15.1. The fraction of sp³-hybridized carbons (Fsp3) is 0.333. The third kappa shape index (κ3) is 5.80. The first-order valence-corrected chi connectivity index (χ1v) is 8.67. The van der Waals surface area contributed by atoms with Gasteiger partial charge in [0, 0.05) is 20.0 Å². The molecule has 4 atom stereocenters. The number of aliphatic hydroxyl groups excluding tert-OH is 3. The number of methoxy groups -OCH3 is 1. The molecule has 27 heavy (non-hydrogen) atoms. The van der Waals surface area contributed by atoms with E-state index in [0.717, 1.165) is 5.56 Å². The molecule has 0 aliphatic carbocycles. The Morgan fingerprint density at radius 1 is 0.778 bits per heavy atom. The van der Waals surface area contributed by atoms with Crippen molar-refractivity contribution in [3.05, 3.63) is 71.8 Å². The number of ketones is 2. The first kappa shape index (κ1) is 20.9. The molecule has 2 unspecified atom stereocenters. The van der Waals surface area contributed by atoms with E-state index in [1.165, 1.54) is 7.11 Å². The summed E-state index contributed by atoms with van der Waals surface area (Å²) in [4.78, 5) is 24.5. The Hall–Kier alpha value is -2.38. The van der Waals surface area contributed by atoms with Crippen LogP contribution in [0.25, 0.3) is 0 Å². The molecule has 0 amide bonds. The molecule has 0 saturated heterocycles. The summed E-state index contributed by atoms with van der Waals surface area (Å²) in [6, 6.07) is 17.9. The van der Waals surface area contributed by atoms with Crippen LogP contribution in [0, 0.1) is 0 Å². The van der Waals surface area contributed by atoms with Crippen molar-refractivity contribution in [1.29, 1.82) is 0 Å². The van der Waals surface area contributed by atoms with Crippen LogP contribution in [0.3, 0.4) is 0 Å². The summed E-state index contributed by atoms with van der Waals surface area (Å²) in [6.45, 7) is 0. The fourth-order valence-corrected chi connectivity index (χ4v) is 2.77. The van der Waals surface area contributed by atoms with Gasteiger partial charge in [-0.25, -0.2) is 0 Å². The predicted molar refractivity (Wildman–Crippen MR) is 99.1 cm³/mol. The topological polar surface area (TPSA) is 104 Å². The van der Waals surface area contributed by atoms with Gasteiger partial charge >= 0.3 is 0 Å². The van der Waals surface area contributed by atoms with Gasteiger partial charge in [-0.2, -0.15) is 0 Å². The molecule has 0 bridgehead atoms. The standard InChI is InChI=1S/C21H24O6/c1-27-17(13-15-10-6-3-7-11-15)19(24)21(26)20(25)18(23)16(22)12-14-8-4-2-5-9-14/h2-11,16-19,22-24H,12-13H2,1H3/t16?,17?,18-,19+/m1/s1. The molecule has 0 aliphatic heterocycles. The Labute approximate surface area is 158 Å². The Kier molecular flexibility index (Phi) is 7.82. The van der Waals surface area contributed by atoms with Gasteiger partial charge in [-0.05, 0) is 11.1 Å². The van der Waals surface area contributed by atoms with Crippen LogP contribution in [0.15, 0.2) is 60.7 Å². The molecule has 2 aromatic rings. The van der Waals surface area contributed by atoms with E-state index in [2.05, 4.69) is 0 Å². The minimum atomic E-state index is -1.92. The van der Waals surface area contributed by atoms with Crippen molar-refractivity contribution in [2.45, 2.75) is 37.3 Å². The largest absolute Gasteiger partial charge is 0.390 e. The number of carbonyl (C=O) groups is 2. The lowest BCUT2D eigenvalue weighted by Crippen LogP contribution is -2.47. The van der Waals surface area contributed by atoms with Crippen molar-refractivity contribution < 1.29 is 29.6 Å². The Morgan fingerprint density at radius 2 is 1.22 bits per heavy atom. The predicted octanol–water partition coefficient (Wildman–Crippen LogP) is 0.708. The molecule has 144 valence electrons. The third-order valence-corrected chi connectivity index (χ3v) is 4.37. The maximum Gasteiger partial charge on any atom is 0.232 e. The van der Waals surface area contributed by atoms with Crippen molar-refractivity contribution in [3.8, 4) is 0 Å². The van der Waals surface area contributed by atoms with Crippen LogP contribution in [-0.4, -0.2) is 58.4 Å². The monoisotopic (exact) mass is 372 g/mol. The lowest BCUT2D eigenvalue weighted by molar-refractivity contribution is -0.153. The lowest BCUT2D eigenvalue weighted by Gasteiger charge is -2.22. The summed E-state index contributed by atoms with van der Waals surface area (Å²) >= 11 is 0. The summed E-state index contributed by atoms with van der Waals surface area (Å²) in [5, 5.41) is 30.3. The molecule has 0 saturated carbocycles. The van der Waals surface area contributed by atoms with Crippen LogP contribution in [0.5, 0.6) is 0 Å². The molecule has 0 heterocycles. The number of hydrogen-bond acceptors (Lipinski definition) is 6. The molecule has 6 heteroatoms. The summed E-state index contributed by atoms with van der Waals surface area (Å²) in [7, 11) is 1.33. The van der Waals surface area contributed by atoms with Crippen LogP contribution >= 0.6 is 0 Å². The highest BCUT2D eigenvalue weighted by Crippen LogP contribution is 2.13. The van der Waals surface area contributed by atoms with Crippen LogP contribution in [0.4, 0.5) is 0 Å². The van der Waals surface area contributed by atoms with E-state index < -0.39 is 36.0 Å². The van der Waals surface area contributed by atoms with E-state index in [1.54, 1.807) is 30.3 Å². The average Bonchev–Trinajstić information content (AvgIpc) is 2.71. The van der Waals surface area contributed by atoms with Crippen LogP contribution in [0.2, 0.25) is 0 Å². The molecule has 2 aromatic carbocycles. The minimum absolute atomic E-state index is 0.00877. The van der Waals surface area contributed by atoms with Crippen molar-refractivity contribution in [3.63, 3.8) is 0 Å². The van der Waals surface area contributed by atoms with Gasteiger partial charge in [0.25, 0.3) is 0 Å². The SMILES string of the molecule is COC(Cc1ccccc1)[C@H](O)C(=O)C(=O)[C@H](O)C(O)Cc1ccccc1. The number of rotatable bonds is 10. The second-order valence-electron chi connectivity index (χ2n) is 6.34. The zero-order valence-electron chi connectivity index (χ0n) is 15.1. The van der Waals surface area contributed by atoms with Gasteiger partial charge in [0.1, 0.15) is 12.2 Å². The van der Waals surface area contributed by atoms with Crippen molar-refractivity contribution in [2.75, 3.05) is 7.11 Å². The van der Waals surface area contributed by atoms with Crippen LogP contribution in [0.1, 0.15) is 11.1 Å². The number of Topliss-reactive ketones (excluding diaryl/α,β-unsaturated/α-hetero) is 2. The average molecular weight is 372 g/mol. The highest BCUT2D eigenvalue weighted by atomic mass is 16.5. The van der Waals surface area contributed by atoms with Crippen molar-refractivity contribution in [1.82, 2.24) is 0 Å². The first-order chi connectivity index (χ1) is 12.9. The van der Waals surface area contributed by atoms with Gasteiger partial charge in [0.15, 0.2) is 0 Å². The summed E-state index contributed by atoms with van der Waals surface area (Å²) in [5.74, 6) is -2.42. The molecular formula is C21H24O6. The molecule has 6 nitrogen and oxygen atoms in total. The normalized spacial score (nSPS) is 15.6. The third-order valence-electron chi connectivity index (χ3n) is 4.37. The molecule has 2 rings (SSSR count). The fourth-order valence-electron chi connectivity index (χ4n) is 2.77. The Morgan fingerprint density at radius 3 is 1.70 bits per heavy atom. The maximum atomic E-state index is 12.3. The Bertz CT molecular complexity index is 731. The van der Waals surface area contributed by atoms with E-state index in [1.807, 2.05) is 30.3 Å². The number of ether oxygens (including phenoxy) is 1. The molecule has 3 N–H and O–H groups in total. The lowest BCUT2D eigenvalue weighted by atomic mass is 9.94. The number of carbonyl (C=O) groups excluding carboxylic acids is 2.